The molecule has 0 saturated heterocycles. The third-order valence-electron chi connectivity index (χ3n) is 4.02. The number of rotatable bonds is 6. The number of ether oxygens (including phenoxy) is 1. The maximum atomic E-state index is 11.6. The van der Waals surface area contributed by atoms with Crippen LogP contribution in [0, 0.1) is 0 Å². The number of carboxylic acids is 1. The van der Waals surface area contributed by atoms with Crippen LogP contribution >= 0.6 is 11.3 Å². The average molecular weight is 381 g/mol. The zero-order valence-electron chi connectivity index (χ0n) is 14.3. The van der Waals surface area contributed by atoms with Crippen LogP contribution in [0.1, 0.15) is 16.1 Å². The Hall–Kier alpha value is -3.46. The van der Waals surface area contributed by atoms with Crippen molar-refractivity contribution >= 4 is 39.0 Å². The fourth-order valence-corrected chi connectivity index (χ4v) is 3.38. The molecule has 0 bridgehead atoms. The van der Waals surface area contributed by atoms with E-state index in [1.54, 1.807) is 12.6 Å². The number of nitrogens with one attached hydrogen (secondary N) is 1. The molecule has 2 N–H and O–H groups in total. The van der Waals surface area contributed by atoms with Gasteiger partial charge in [0.15, 0.2) is 5.82 Å². The van der Waals surface area contributed by atoms with Crippen molar-refractivity contribution in [2.45, 2.75) is 6.54 Å². The Bertz CT molecular complexity index is 1100. The number of hydrogen-bond acceptors (Lipinski definition) is 7. The van der Waals surface area contributed by atoms with Gasteiger partial charge in [-0.2, -0.15) is 0 Å². The van der Waals surface area contributed by atoms with E-state index in [1.807, 2.05) is 42.5 Å². The molecule has 0 atom stereocenters. The SMILES string of the molecule is COc1ccc(Cn2nnc(C(=O)O)c2Nc2ccc3ncsc3c2)cc1. The summed E-state index contributed by atoms with van der Waals surface area (Å²) in [5.41, 5.74) is 4.22. The molecule has 0 saturated carbocycles. The lowest BCUT2D eigenvalue weighted by atomic mass is 10.2. The van der Waals surface area contributed by atoms with Gasteiger partial charge in [-0.3, -0.25) is 0 Å². The smallest absolute Gasteiger partial charge is 0.360 e. The molecular formula is C18H15N5O3S. The van der Waals surface area contributed by atoms with Gasteiger partial charge in [-0.15, -0.1) is 16.4 Å². The Morgan fingerprint density at radius 2 is 2.07 bits per heavy atom. The molecule has 4 rings (SSSR count). The van der Waals surface area contributed by atoms with Crippen molar-refractivity contribution in [3.05, 3.63) is 59.2 Å². The van der Waals surface area contributed by atoms with Crippen LogP contribution in [-0.4, -0.2) is 38.2 Å². The van der Waals surface area contributed by atoms with Gasteiger partial charge in [-0.1, -0.05) is 17.3 Å². The van der Waals surface area contributed by atoms with Gasteiger partial charge in [0.1, 0.15) is 5.75 Å². The average Bonchev–Trinajstić information content (AvgIpc) is 3.29. The number of anilines is 2. The normalized spacial score (nSPS) is 10.9. The Balaban J connectivity index is 1.66. The molecular weight excluding hydrogens is 366 g/mol. The molecule has 2 heterocycles. The maximum Gasteiger partial charge on any atom is 0.360 e. The van der Waals surface area contributed by atoms with E-state index in [-0.39, 0.29) is 5.69 Å². The largest absolute Gasteiger partial charge is 0.497 e. The van der Waals surface area contributed by atoms with E-state index >= 15 is 0 Å². The minimum absolute atomic E-state index is 0.132. The predicted molar refractivity (Wildman–Crippen MR) is 102 cm³/mol. The lowest BCUT2D eigenvalue weighted by molar-refractivity contribution is 0.0691. The molecule has 0 aliphatic heterocycles. The van der Waals surface area contributed by atoms with E-state index in [0.717, 1.165) is 27.2 Å². The van der Waals surface area contributed by atoms with Crippen LogP contribution in [0.3, 0.4) is 0 Å². The second-order valence-corrected chi connectivity index (χ2v) is 6.64. The van der Waals surface area contributed by atoms with Gasteiger partial charge in [0.05, 0.1) is 29.4 Å². The number of aromatic nitrogens is 4. The van der Waals surface area contributed by atoms with Crippen LogP contribution in [0.25, 0.3) is 10.2 Å². The molecule has 2 aromatic carbocycles. The maximum absolute atomic E-state index is 11.6. The van der Waals surface area contributed by atoms with E-state index in [9.17, 15) is 9.90 Å². The topological polar surface area (TPSA) is 102 Å². The van der Waals surface area contributed by atoms with Crippen LogP contribution in [0.2, 0.25) is 0 Å². The number of hydrogen-bond donors (Lipinski definition) is 2. The summed E-state index contributed by atoms with van der Waals surface area (Å²) in [5, 5.41) is 20.4. The molecule has 0 aliphatic rings. The van der Waals surface area contributed by atoms with Crippen molar-refractivity contribution in [1.82, 2.24) is 20.0 Å². The summed E-state index contributed by atoms with van der Waals surface area (Å²) in [6.07, 6.45) is 0. The lowest BCUT2D eigenvalue weighted by Crippen LogP contribution is -2.09. The van der Waals surface area contributed by atoms with E-state index in [0.29, 0.717) is 12.4 Å². The molecule has 136 valence electrons. The van der Waals surface area contributed by atoms with Crippen molar-refractivity contribution in [2.75, 3.05) is 12.4 Å². The molecule has 0 radical (unpaired) electrons. The van der Waals surface area contributed by atoms with Crippen molar-refractivity contribution in [2.24, 2.45) is 0 Å². The number of fused-ring (bicyclic) bond motifs is 1. The van der Waals surface area contributed by atoms with Crippen molar-refractivity contribution in [3.8, 4) is 5.75 Å². The van der Waals surface area contributed by atoms with Crippen molar-refractivity contribution < 1.29 is 14.6 Å². The third-order valence-corrected chi connectivity index (χ3v) is 4.81. The minimum Gasteiger partial charge on any atom is -0.497 e. The van der Waals surface area contributed by atoms with E-state index in [4.69, 9.17) is 4.74 Å². The standard InChI is InChI=1S/C18H15N5O3S/c1-26-13-5-2-11(3-6-13)9-23-17(16(18(24)25)21-22-23)20-12-4-7-14-15(8-12)27-10-19-14/h2-8,10,20H,9H2,1H3,(H,24,25). The molecule has 8 nitrogen and oxygen atoms in total. The summed E-state index contributed by atoms with van der Waals surface area (Å²) in [6, 6.07) is 13.1. The van der Waals surface area contributed by atoms with Gasteiger partial charge in [-0.25, -0.2) is 14.5 Å². The quantitative estimate of drug-likeness (QED) is 0.528. The van der Waals surface area contributed by atoms with Crippen LogP contribution in [-0.2, 0) is 6.54 Å². The van der Waals surface area contributed by atoms with Crippen LogP contribution < -0.4 is 10.1 Å². The Morgan fingerprint density at radius 3 is 2.81 bits per heavy atom. The summed E-state index contributed by atoms with van der Waals surface area (Å²) in [7, 11) is 1.60. The molecule has 2 aromatic heterocycles. The Labute approximate surface area is 158 Å². The first kappa shape index (κ1) is 17.0. The summed E-state index contributed by atoms with van der Waals surface area (Å²) in [4.78, 5) is 15.8. The fraction of sp³-hybridized carbons (Fsp3) is 0.111. The summed E-state index contributed by atoms with van der Waals surface area (Å²) in [5.74, 6) is -0.0701. The number of carbonyl (C=O) groups is 1. The van der Waals surface area contributed by atoms with Crippen LogP contribution in [0.15, 0.2) is 48.0 Å². The van der Waals surface area contributed by atoms with Gasteiger partial charge >= 0.3 is 5.97 Å². The highest BCUT2D eigenvalue weighted by Gasteiger charge is 2.19. The molecule has 27 heavy (non-hydrogen) atoms. The molecule has 4 aromatic rings. The summed E-state index contributed by atoms with van der Waals surface area (Å²) in [6.45, 7) is 0.370. The summed E-state index contributed by atoms with van der Waals surface area (Å²) < 4.78 is 7.69. The van der Waals surface area contributed by atoms with Crippen LogP contribution in [0.4, 0.5) is 11.5 Å². The zero-order valence-corrected chi connectivity index (χ0v) is 15.1. The molecule has 0 fully saturated rings. The highest BCUT2D eigenvalue weighted by molar-refractivity contribution is 7.16. The van der Waals surface area contributed by atoms with Gasteiger partial charge in [0.2, 0.25) is 5.69 Å². The molecule has 0 amide bonds. The van der Waals surface area contributed by atoms with Crippen LogP contribution in [0.5, 0.6) is 5.75 Å². The Morgan fingerprint density at radius 1 is 1.26 bits per heavy atom. The van der Waals surface area contributed by atoms with E-state index in [2.05, 4.69) is 20.6 Å². The van der Waals surface area contributed by atoms with Crippen molar-refractivity contribution in [1.29, 1.82) is 0 Å². The molecule has 0 aliphatic carbocycles. The monoisotopic (exact) mass is 381 g/mol. The Kier molecular flexibility index (Phi) is 4.43. The number of benzene rings is 2. The van der Waals surface area contributed by atoms with E-state index in [1.165, 1.54) is 16.0 Å². The first-order chi connectivity index (χ1) is 13.1. The number of nitrogens with zero attached hydrogens (tertiary/aromatic N) is 4. The number of aromatic carboxylic acids is 1. The predicted octanol–water partition coefficient (Wildman–Crippen LogP) is 3.39. The number of thiazole rings is 1. The lowest BCUT2D eigenvalue weighted by Gasteiger charge is -2.10. The second-order valence-electron chi connectivity index (χ2n) is 5.76. The second kappa shape index (κ2) is 7.04. The van der Waals surface area contributed by atoms with Gasteiger partial charge in [-0.05, 0) is 35.9 Å². The highest BCUT2D eigenvalue weighted by Crippen LogP contribution is 2.26. The zero-order chi connectivity index (χ0) is 18.8. The fourth-order valence-electron chi connectivity index (χ4n) is 2.66. The third kappa shape index (κ3) is 3.44. The first-order valence-corrected chi connectivity index (χ1v) is 8.92. The molecule has 9 heteroatoms. The molecule has 0 spiro atoms. The van der Waals surface area contributed by atoms with E-state index < -0.39 is 5.97 Å². The number of methoxy groups -OCH3 is 1. The van der Waals surface area contributed by atoms with Gasteiger partial charge in [0.25, 0.3) is 0 Å². The van der Waals surface area contributed by atoms with Gasteiger partial charge in [0, 0.05) is 5.69 Å². The summed E-state index contributed by atoms with van der Waals surface area (Å²) >= 11 is 1.52. The van der Waals surface area contributed by atoms with Gasteiger partial charge < -0.3 is 15.2 Å². The highest BCUT2D eigenvalue weighted by atomic mass is 32.1. The molecule has 0 unspecified atom stereocenters. The first-order valence-electron chi connectivity index (χ1n) is 8.04. The number of carboxylic acid groups (broad SMARTS) is 1. The minimum atomic E-state index is -1.14. The van der Waals surface area contributed by atoms with Crippen molar-refractivity contribution in [3.63, 3.8) is 0 Å².